The fourth-order valence-electron chi connectivity index (χ4n) is 2.29. The second kappa shape index (κ2) is 7.57. The summed E-state index contributed by atoms with van der Waals surface area (Å²) in [6, 6.07) is 0. The summed E-state index contributed by atoms with van der Waals surface area (Å²) in [7, 11) is 0. The van der Waals surface area contributed by atoms with Crippen LogP contribution in [0.25, 0.3) is 0 Å². The SMILES string of the molecule is C#CC(/C=C/C1CCCC1)CCCCC. The second-order valence-electron chi connectivity index (χ2n) is 4.70. The standard InChI is InChI=1S/C15H24/c1-3-5-6-9-14(4-2)12-13-15-10-7-8-11-15/h2,12-15H,3,5-11H2,1H3/b13-12+. The highest BCUT2D eigenvalue weighted by Gasteiger charge is 2.11. The molecule has 0 aromatic heterocycles. The molecule has 0 N–H and O–H groups in total. The zero-order chi connectivity index (χ0) is 10.9. The fraction of sp³-hybridized carbons (Fsp3) is 0.733. The summed E-state index contributed by atoms with van der Waals surface area (Å²) < 4.78 is 0. The third-order valence-corrected chi connectivity index (χ3v) is 3.35. The predicted octanol–water partition coefficient (Wildman–Crippen LogP) is 4.56. The number of unbranched alkanes of at least 4 members (excludes halogenated alkanes) is 2. The van der Waals surface area contributed by atoms with E-state index in [9.17, 15) is 0 Å². The van der Waals surface area contributed by atoms with Crippen molar-refractivity contribution >= 4 is 0 Å². The van der Waals surface area contributed by atoms with Gasteiger partial charge in [0.2, 0.25) is 0 Å². The lowest BCUT2D eigenvalue weighted by Crippen LogP contribution is -1.94. The summed E-state index contributed by atoms with van der Waals surface area (Å²) in [5.41, 5.74) is 0. The van der Waals surface area contributed by atoms with Crippen molar-refractivity contribution in [2.45, 2.75) is 58.3 Å². The monoisotopic (exact) mass is 204 g/mol. The smallest absolute Gasteiger partial charge is 0.0380 e. The van der Waals surface area contributed by atoms with Crippen LogP contribution in [-0.4, -0.2) is 0 Å². The molecule has 0 radical (unpaired) electrons. The van der Waals surface area contributed by atoms with Crippen LogP contribution in [0, 0.1) is 24.2 Å². The Balaban J connectivity index is 2.23. The Hall–Kier alpha value is -0.700. The Labute approximate surface area is 95.2 Å². The van der Waals surface area contributed by atoms with Crippen LogP contribution in [0.15, 0.2) is 12.2 Å². The molecular formula is C15H24. The van der Waals surface area contributed by atoms with Gasteiger partial charge in [0.1, 0.15) is 0 Å². The lowest BCUT2D eigenvalue weighted by molar-refractivity contribution is 0.613. The van der Waals surface area contributed by atoms with Gasteiger partial charge in [-0.15, -0.1) is 6.42 Å². The molecule has 0 aromatic rings. The van der Waals surface area contributed by atoms with E-state index in [2.05, 4.69) is 25.0 Å². The minimum Gasteiger partial charge on any atom is -0.119 e. The Morgan fingerprint density at radius 2 is 2.07 bits per heavy atom. The Morgan fingerprint density at radius 1 is 1.33 bits per heavy atom. The average molecular weight is 204 g/mol. The largest absolute Gasteiger partial charge is 0.119 e. The van der Waals surface area contributed by atoms with Gasteiger partial charge in [0.05, 0.1) is 0 Å². The van der Waals surface area contributed by atoms with E-state index in [0.717, 1.165) is 5.92 Å². The maximum Gasteiger partial charge on any atom is 0.0380 e. The molecule has 1 unspecified atom stereocenters. The van der Waals surface area contributed by atoms with Gasteiger partial charge >= 0.3 is 0 Å². The topological polar surface area (TPSA) is 0 Å². The summed E-state index contributed by atoms with van der Waals surface area (Å²) >= 11 is 0. The van der Waals surface area contributed by atoms with Crippen LogP contribution < -0.4 is 0 Å². The number of allylic oxidation sites excluding steroid dienone is 2. The van der Waals surface area contributed by atoms with Crippen molar-refractivity contribution in [2.75, 3.05) is 0 Å². The molecule has 0 nitrogen and oxygen atoms in total. The zero-order valence-corrected chi connectivity index (χ0v) is 10.0. The Kier molecular flexibility index (Phi) is 6.25. The molecule has 84 valence electrons. The van der Waals surface area contributed by atoms with Gasteiger partial charge in [-0.2, -0.15) is 0 Å². The summed E-state index contributed by atoms with van der Waals surface area (Å²) in [5, 5.41) is 0. The van der Waals surface area contributed by atoms with Crippen LogP contribution in [-0.2, 0) is 0 Å². The highest BCUT2D eigenvalue weighted by atomic mass is 14.2. The molecule has 0 heteroatoms. The quantitative estimate of drug-likeness (QED) is 0.338. The molecule has 0 saturated heterocycles. The molecule has 1 saturated carbocycles. The van der Waals surface area contributed by atoms with Crippen LogP contribution in [0.1, 0.15) is 58.3 Å². The zero-order valence-electron chi connectivity index (χ0n) is 10.0. The molecule has 1 atom stereocenters. The van der Waals surface area contributed by atoms with Crippen molar-refractivity contribution < 1.29 is 0 Å². The summed E-state index contributed by atoms with van der Waals surface area (Å²) in [4.78, 5) is 0. The molecule has 1 aliphatic rings. The Bertz CT molecular complexity index is 213. The van der Waals surface area contributed by atoms with Crippen LogP contribution in [0.4, 0.5) is 0 Å². The van der Waals surface area contributed by atoms with Crippen molar-refractivity contribution in [3.05, 3.63) is 12.2 Å². The number of terminal acetylenes is 1. The molecule has 15 heavy (non-hydrogen) atoms. The van der Waals surface area contributed by atoms with Crippen LogP contribution in [0.5, 0.6) is 0 Å². The van der Waals surface area contributed by atoms with E-state index in [-0.39, 0.29) is 0 Å². The summed E-state index contributed by atoms with van der Waals surface area (Å²) in [6.07, 6.45) is 20.8. The molecule has 0 heterocycles. The van der Waals surface area contributed by atoms with Gasteiger partial charge in [-0.1, -0.05) is 57.1 Å². The maximum absolute atomic E-state index is 5.54. The number of hydrogen-bond acceptors (Lipinski definition) is 0. The maximum atomic E-state index is 5.54. The van der Waals surface area contributed by atoms with Crippen molar-refractivity contribution in [1.82, 2.24) is 0 Å². The van der Waals surface area contributed by atoms with Gasteiger partial charge in [0, 0.05) is 5.92 Å². The van der Waals surface area contributed by atoms with E-state index in [1.165, 1.54) is 51.4 Å². The first-order valence-electron chi connectivity index (χ1n) is 6.51. The van der Waals surface area contributed by atoms with Gasteiger partial charge in [-0.05, 0) is 25.2 Å². The van der Waals surface area contributed by atoms with Gasteiger partial charge in [0.25, 0.3) is 0 Å². The highest BCUT2D eigenvalue weighted by Crippen LogP contribution is 2.26. The van der Waals surface area contributed by atoms with Gasteiger partial charge in [-0.3, -0.25) is 0 Å². The van der Waals surface area contributed by atoms with Gasteiger partial charge < -0.3 is 0 Å². The van der Waals surface area contributed by atoms with E-state index in [0.29, 0.717) is 5.92 Å². The third kappa shape index (κ3) is 5.07. The first kappa shape index (κ1) is 12.4. The minimum absolute atomic E-state index is 0.386. The normalized spacial score (nSPS) is 19.5. The Morgan fingerprint density at radius 3 is 2.67 bits per heavy atom. The molecular weight excluding hydrogens is 180 g/mol. The van der Waals surface area contributed by atoms with Gasteiger partial charge in [-0.25, -0.2) is 0 Å². The molecule has 0 bridgehead atoms. The molecule has 1 fully saturated rings. The van der Waals surface area contributed by atoms with E-state index in [1.807, 2.05) is 0 Å². The van der Waals surface area contributed by atoms with Crippen LogP contribution in [0.3, 0.4) is 0 Å². The van der Waals surface area contributed by atoms with E-state index < -0.39 is 0 Å². The number of rotatable bonds is 6. The van der Waals surface area contributed by atoms with E-state index in [1.54, 1.807) is 0 Å². The summed E-state index contributed by atoms with van der Waals surface area (Å²) in [5.74, 6) is 4.11. The molecule has 0 spiro atoms. The van der Waals surface area contributed by atoms with Gasteiger partial charge in [0.15, 0.2) is 0 Å². The summed E-state index contributed by atoms with van der Waals surface area (Å²) in [6.45, 7) is 2.24. The van der Waals surface area contributed by atoms with Crippen molar-refractivity contribution in [3.63, 3.8) is 0 Å². The van der Waals surface area contributed by atoms with E-state index >= 15 is 0 Å². The van der Waals surface area contributed by atoms with Crippen molar-refractivity contribution in [2.24, 2.45) is 11.8 Å². The average Bonchev–Trinajstić information content (AvgIpc) is 2.76. The first-order chi connectivity index (χ1) is 7.36. The lowest BCUT2D eigenvalue weighted by atomic mass is 9.98. The number of hydrogen-bond donors (Lipinski definition) is 0. The van der Waals surface area contributed by atoms with Crippen LogP contribution in [0.2, 0.25) is 0 Å². The molecule has 1 aliphatic carbocycles. The minimum atomic E-state index is 0.386. The molecule has 1 rings (SSSR count). The predicted molar refractivity (Wildman–Crippen MR) is 67.6 cm³/mol. The molecule has 0 aliphatic heterocycles. The first-order valence-corrected chi connectivity index (χ1v) is 6.51. The molecule has 0 aromatic carbocycles. The third-order valence-electron chi connectivity index (χ3n) is 3.35. The van der Waals surface area contributed by atoms with Crippen LogP contribution >= 0.6 is 0 Å². The molecule has 0 amide bonds. The van der Waals surface area contributed by atoms with Crippen molar-refractivity contribution in [1.29, 1.82) is 0 Å². The fourth-order valence-corrected chi connectivity index (χ4v) is 2.29. The lowest BCUT2D eigenvalue weighted by Gasteiger charge is -2.06. The van der Waals surface area contributed by atoms with E-state index in [4.69, 9.17) is 6.42 Å². The highest BCUT2D eigenvalue weighted by molar-refractivity contribution is 5.06. The second-order valence-corrected chi connectivity index (χ2v) is 4.70. The van der Waals surface area contributed by atoms with Crippen molar-refractivity contribution in [3.8, 4) is 12.3 Å².